The number of carbonyl (C=O) groups is 1. The number of benzene rings is 1. The van der Waals surface area contributed by atoms with Gasteiger partial charge in [0.15, 0.2) is 12.4 Å². The van der Waals surface area contributed by atoms with Crippen LogP contribution in [0.15, 0.2) is 30.3 Å². The Bertz CT molecular complexity index is 523. The van der Waals surface area contributed by atoms with Crippen LogP contribution in [0.2, 0.25) is 0 Å². The number of hydrogen-bond donors (Lipinski definition) is 1. The minimum absolute atomic E-state index is 0.393. The standard InChI is InChI=1S/C16H21NO5/c1-3-11-13(18)14-12(15(20-2)21-11)17(16(19)22-14)9-10-7-5-4-6-8-10/h4-8,11-15,18H,3,9H2,1-2H3/t11?,12?,13-,14-,15+/m1/s1. The zero-order valence-electron chi connectivity index (χ0n) is 12.7. The molecule has 1 aromatic rings. The smallest absolute Gasteiger partial charge is 0.411 e. The first kappa shape index (κ1) is 15.3. The molecule has 2 heterocycles. The first-order valence-electron chi connectivity index (χ1n) is 7.53. The number of fused-ring (bicyclic) bond motifs is 1. The highest BCUT2D eigenvalue weighted by Gasteiger charge is 2.55. The maximum Gasteiger partial charge on any atom is 0.411 e. The highest BCUT2D eigenvalue weighted by molar-refractivity contribution is 5.71. The molecule has 22 heavy (non-hydrogen) atoms. The quantitative estimate of drug-likeness (QED) is 0.913. The Labute approximate surface area is 129 Å². The van der Waals surface area contributed by atoms with Crippen molar-refractivity contribution in [2.24, 2.45) is 0 Å². The van der Waals surface area contributed by atoms with Gasteiger partial charge in [-0.3, -0.25) is 4.90 Å². The molecule has 0 aromatic heterocycles. The van der Waals surface area contributed by atoms with Crippen molar-refractivity contribution in [2.75, 3.05) is 7.11 Å². The first-order valence-corrected chi connectivity index (χ1v) is 7.53. The SMILES string of the molecule is CCC1O[C@H](OC)C2[C@@H](OC(=O)N2Cc2ccccc2)[C@@H]1O. The molecule has 0 aliphatic carbocycles. The van der Waals surface area contributed by atoms with Gasteiger partial charge in [0, 0.05) is 13.7 Å². The van der Waals surface area contributed by atoms with Crippen molar-refractivity contribution in [1.82, 2.24) is 4.90 Å². The lowest BCUT2D eigenvalue weighted by Gasteiger charge is -2.41. The number of ether oxygens (including phenoxy) is 3. The summed E-state index contributed by atoms with van der Waals surface area (Å²) < 4.78 is 16.6. The van der Waals surface area contributed by atoms with Crippen molar-refractivity contribution < 1.29 is 24.1 Å². The number of rotatable bonds is 4. The van der Waals surface area contributed by atoms with Gasteiger partial charge < -0.3 is 19.3 Å². The fourth-order valence-corrected chi connectivity index (χ4v) is 3.15. The Kier molecular flexibility index (Phi) is 4.33. The van der Waals surface area contributed by atoms with E-state index in [1.807, 2.05) is 37.3 Å². The summed E-state index contributed by atoms with van der Waals surface area (Å²) in [5.41, 5.74) is 0.988. The molecule has 2 unspecified atom stereocenters. The Morgan fingerprint density at radius 3 is 2.68 bits per heavy atom. The number of methoxy groups -OCH3 is 1. The highest BCUT2D eigenvalue weighted by Crippen LogP contribution is 2.35. The molecule has 3 rings (SSSR count). The average molecular weight is 307 g/mol. The van der Waals surface area contributed by atoms with Gasteiger partial charge in [0.05, 0.1) is 6.10 Å². The molecule has 0 spiro atoms. The molecule has 6 heteroatoms. The van der Waals surface area contributed by atoms with E-state index >= 15 is 0 Å². The van der Waals surface area contributed by atoms with Crippen molar-refractivity contribution >= 4 is 6.09 Å². The summed E-state index contributed by atoms with van der Waals surface area (Å²) in [5, 5.41) is 10.4. The van der Waals surface area contributed by atoms with E-state index in [0.717, 1.165) is 5.56 Å². The zero-order chi connectivity index (χ0) is 15.7. The summed E-state index contributed by atoms with van der Waals surface area (Å²) in [7, 11) is 1.54. The lowest BCUT2D eigenvalue weighted by atomic mass is 9.95. The van der Waals surface area contributed by atoms with Crippen molar-refractivity contribution in [3.63, 3.8) is 0 Å². The summed E-state index contributed by atoms with van der Waals surface area (Å²) in [4.78, 5) is 13.8. The van der Waals surface area contributed by atoms with E-state index in [-0.39, 0.29) is 0 Å². The molecule has 1 aromatic carbocycles. The van der Waals surface area contributed by atoms with Crippen LogP contribution in [0.3, 0.4) is 0 Å². The second-order valence-corrected chi connectivity index (χ2v) is 5.63. The van der Waals surface area contributed by atoms with Crippen LogP contribution < -0.4 is 0 Å². The Morgan fingerprint density at radius 2 is 2.05 bits per heavy atom. The second-order valence-electron chi connectivity index (χ2n) is 5.63. The van der Waals surface area contributed by atoms with Crippen LogP contribution in [0.5, 0.6) is 0 Å². The van der Waals surface area contributed by atoms with Crippen molar-refractivity contribution in [2.45, 2.75) is 50.5 Å². The number of carbonyl (C=O) groups excluding carboxylic acids is 1. The van der Waals surface area contributed by atoms with Gasteiger partial charge in [-0.2, -0.15) is 0 Å². The minimum Gasteiger partial charge on any atom is -0.441 e. The summed E-state index contributed by atoms with van der Waals surface area (Å²) in [5.74, 6) is 0. The van der Waals surface area contributed by atoms with Crippen LogP contribution in [0, 0.1) is 0 Å². The number of hydrogen-bond acceptors (Lipinski definition) is 5. The van der Waals surface area contributed by atoms with Gasteiger partial charge in [0.25, 0.3) is 0 Å². The fourth-order valence-electron chi connectivity index (χ4n) is 3.15. The van der Waals surface area contributed by atoms with E-state index in [4.69, 9.17) is 14.2 Å². The molecular formula is C16H21NO5. The number of aliphatic hydroxyl groups excluding tert-OH is 1. The molecule has 0 saturated carbocycles. The molecule has 0 bridgehead atoms. The molecule has 2 aliphatic heterocycles. The maximum absolute atomic E-state index is 12.2. The third kappa shape index (κ3) is 2.58. The lowest BCUT2D eigenvalue weighted by Crippen LogP contribution is -2.59. The van der Waals surface area contributed by atoms with Gasteiger partial charge in [-0.1, -0.05) is 37.3 Å². The monoisotopic (exact) mass is 307 g/mol. The summed E-state index contributed by atoms with van der Waals surface area (Å²) >= 11 is 0. The molecule has 6 nitrogen and oxygen atoms in total. The maximum atomic E-state index is 12.2. The van der Waals surface area contributed by atoms with E-state index in [1.54, 1.807) is 4.90 Å². The summed E-state index contributed by atoms with van der Waals surface area (Å²) in [6.07, 6.45) is -2.28. The zero-order valence-corrected chi connectivity index (χ0v) is 12.7. The van der Waals surface area contributed by atoms with E-state index in [0.29, 0.717) is 13.0 Å². The molecule has 2 fully saturated rings. The van der Waals surface area contributed by atoms with Gasteiger partial charge >= 0.3 is 6.09 Å². The van der Waals surface area contributed by atoms with Crippen LogP contribution in [-0.2, 0) is 20.8 Å². The molecule has 1 amide bonds. The van der Waals surface area contributed by atoms with Crippen molar-refractivity contribution in [1.29, 1.82) is 0 Å². The number of nitrogens with zero attached hydrogens (tertiary/aromatic N) is 1. The predicted octanol–water partition coefficient (Wildman–Crippen LogP) is 1.52. The molecule has 2 saturated heterocycles. The van der Waals surface area contributed by atoms with Gasteiger partial charge in [-0.15, -0.1) is 0 Å². The van der Waals surface area contributed by atoms with Crippen LogP contribution >= 0.6 is 0 Å². The second kappa shape index (κ2) is 6.24. The molecule has 1 N–H and O–H groups in total. The largest absolute Gasteiger partial charge is 0.441 e. The van der Waals surface area contributed by atoms with Crippen LogP contribution in [0.25, 0.3) is 0 Å². The lowest BCUT2D eigenvalue weighted by molar-refractivity contribution is -0.253. The topological polar surface area (TPSA) is 68.2 Å². The van der Waals surface area contributed by atoms with Crippen LogP contribution in [-0.4, -0.2) is 53.9 Å². The summed E-state index contributed by atoms with van der Waals surface area (Å²) in [6, 6.07) is 9.19. The van der Waals surface area contributed by atoms with E-state index in [9.17, 15) is 9.90 Å². The molecule has 120 valence electrons. The normalized spacial score (nSPS) is 34.4. The Hall–Kier alpha value is -1.63. The number of amides is 1. The van der Waals surface area contributed by atoms with Gasteiger partial charge in [0.2, 0.25) is 0 Å². The predicted molar refractivity (Wildman–Crippen MR) is 78.0 cm³/mol. The van der Waals surface area contributed by atoms with E-state index < -0.39 is 36.7 Å². The van der Waals surface area contributed by atoms with Crippen molar-refractivity contribution in [3.8, 4) is 0 Å². The third-order valence-corrected chi connectivity index (χ3v) is 4.30. The average Bonchev–Trinajstić information content (AvgIpc) is 2.87. The van der Waals surface area contributed by atoms with Gasteiger partial charge in [-0.05, 0) is 12.0 Å². The first-order chi connectivity index (χ1) is 10.7. The van der Waals surface area contributed by atoms with Crippen LogP contribution in [0.1, 0.15) is 18.9 Å². The number of aliphatic hydroxyl groups is 1. The molecule has 5 atom stereocenters. The summed E-state index contributed by atoms with van der Waals surface area (Å²) in [6.45, 7) is 2.31. The Balaban J connectivity index is 1.84. The van der Waals surface area contributed by atoms with Gasteiger partial charge in [-0.25, -0.2) is 4.79 Å². The van der Waals surface area contributed by atoms with Gasteiger partial charge in [0.1, 0.15) is 12.1 Å². The highest BCUT2D eigenvalue weighted by atomic mass is 16.7. The van der Waals surface area contributed by atoms with E-state index in [1.165, 1.54) is 7.11 Å². The molecular weight excluding hydrogens is 286 g/mol. The minimum atomic E-state index is -0.842. The van der Waals surface area contributed by atoms with E-state index in [2.05, 4.69) is 0 Å². The van der Waals surface area contributed by atoms with Crippen molar-refractivity contribution in [3.05, 3.63) is 35.9 Å². The molecule has 0 radical (unpaired) electrons. The Morgan fingerprint density at radius 1 is 1.32 bits per heavy atom. The fraction of sp³-hybridized carbons (Fsp3) is 0.562. The van der Waals surface area contributed by atoms with Crippen LogP contribution in [0.4, 0.5) is 4.79 Å². The molecule has 2 aliphatic rings. The third-order valence-electron chi connectivity index (χ3n) is 4.30.